The highest BCUT2D eigenvalue weighted by molar-refractivity contribution is 7.86. The fraction of sp³-hybridized carbons (Fsp3) is 0.190. The van der Waals surface area contributed by atoms with E-state index in [1.54, 1.807) is 36.4 Å². The maximum absolute atomic E-state index is 13.1. The van der Waals surface area contributed by atoms with Crippen molar-refractivity contribution in [1.82, 2.24) is 0 Å². The summed E-state index contributed by atoms with van der Waals surface area (Å²) in [5.74, 6) is 0.374. The molecule has 1 unspecified atom stereocenters. The molecule has 1 atom stereocenters. The standard InChI is InChI=1S/C21H13F6NO4S/c1-11-19(18-16-5-3-2-4-12(16)6-7-17(18)31-11)28-32-33(29,30)15-9-13(20(22,23)24)8-14(10-15)21(25,26)27/h2-11H,1H3/b28-19+. The van der Waals surface area contributed by atoms with Crippen molar-refractivity contribution in [2.24, 2.45) is 5.16 Å². The van der Waals surface area contributed by atoms with Gasteiger partial charge in [-0.25, -0.2) is 0 Å². The maximum Gasteiger partial charge on any atom is 0.416 e. The predicted octanol–water partition coefficient (Wildman–Crippen LogP) is 5.77. The third kappa shape index (κ3) is 4.34. The van der Waals surface area contributed by atoms with Gasteiger partial charge in [-0.1, -0.05) is 35.5 Å². The number of hydrogen-bond acceptors (Lipinski definition) is 5. The molecule has 1 heterocycles. The van der Waals surface area contributed by atoms with E-state index in [1.807, 2.05) is 0 Å². The van der Waals surface area contributed by atoms with Crippen molar-refractivity contribution in [2.75, 3.05) is 0 Å². The monoisotopic (exact) mass is 489 g/mol. The van der Waals surface area contributed by atoms with E-state index in [9.17, 15) is 34.8 Å². The van der Waals surface area contributed by atoms with Crippen LogP contribution in [0.5, 0.6) is 5.75 Å². The molecule has 0 spiro atoms. The van der Waals surface area contributed by atoms with Gasteiger partial charge in [-0.3, -0.25) is 4.28 Å². The lowest BCUT2D eigenvalue weighted by Gasteiger charge is -2.13. The molecule has 0 bridgehead atoms. The van der Waals surface area contributed by atoms with Gasteiger partial charge in [-0.05, 0) is 42.0 Å². The molecule has 0 saturated carbocycles. The average molecular weight is 489 g/mol. The molecule has 0 aromatic heterocycles. The van der Waals surface area contributed by atoms with E-state index in [0.717, 1.165) is 5.39 Å². The second-order valence-electron chi connectivity index (χ2n) is 7.17. The Balaban J connectivity index is 1.78. The summed E-state index contributed by atoms with van der Waals surface area (Å²) in [5, 5.41) is 4.99. The van der Waals surface area contributed by atoms with Crippen LogP contribution in [0.3, 0.4) is 0 Å². The number of hydrogen-bond donors (Lipinski definition) is 0. The van der Waals surface area contributed by atoms with Crippen molar-refractivity contribution in [2.45, 2.75) is 30.3 Å². The average Bonchev–Trinajstić information content (AvgIpc) is 3.06. The second-order valence-corrected chi connectivity index (χ2v) is 8.70. The van der Waals surface area contributed by atoms with Gasteiger partial charge in [-0.2, -0.15) is 34.8 Å². The minimum atomic E-state index is -5.22. The molecule has 0 saturated heterocycles. The Hall–Kier alpha value is -3.28. The maximum atomic E-state index is 13.1. The summed E-state index contributed by atoms with van der Waals surface area (Å²) in [6, 6.07) is 10.3. The number of nitrogens with zero attached hydrogens (tertiary/aromatic N) is 1. The summed E-state index contributed by atoms with van der Waals surface area (Å²) < 4.78 is 114. The van der Waals surface area contributed by atoms with E-state index in [-0.39, 0.29) is 23.9 Å². The molecular weight excluding hydrogens is 476 g/mol. The molecule has 0 N–H and O–H groups in total. The third-order valence-corrected chi connectivity index (χ3v) is 6.00. The second kappa shape index (κ2) is 7.65. The largest absolute Gasteiger partial charge is 0.484 e. The van der Waals surface area contributed by atoms with E-state index in [4.69, 9.17) is 4.74 Å². The molecule has 0 amide bonds. The lowest BCUT2D eigenvalue weighted by atomic mass is 10.00. The minimum absolute atomic E-state index is 0.0217. The summed E-state index contributed by atoms with van der Waals surface area (Å²) in [5.41, 5.74) is -3.15. The number of fused-ring (bicyclic) bond motifs is 3. The van der Waals surface area contributed by atoms with Crippen LogP contribution in [0.1, 0.15) is 23.6 Å². The van der Waals surface area contributed by atoms with E-state index < -0.39 is 44.6 Å². The van der Waals surface area contributed by atoms with Crippen molar-refractivity contribution >= 4 is 26.6 Å². The Kier molecular flexibility index (Phi) is 5.31. The van der Waals surface area contributed by atoms with Crippen LogP contribution < -0.4 is 4.74 Å². The van der Waals surface area contributed by atoms with Gasteiger partial charge in [0.05, 0.1) is 16.7 Å². The van der Waals surface area contributed by atoms with Crippen LogP contribution in [0.15, 0.2) is 64.6 Å². The lowest BCUT2D eigenvalue weighted by Crippen LogP contribution is -2.18. The first kappa shape index (κ1) is 22.9. The van der Waals surface area contributed by atoms with E-state index >= 15 is 0 Å². The fourth-order valence-electron chi connectivity index (χ4n) is 3.39. The first-order chi connectivity index (χ1) is 15.3. The van der Waals surface area contributed by atoms with Crippen LogP contribution >= 0.6 is 0 Å². The first-order valence-corrected chi connectivity index (χ1v) is 10.7. The van der Waals surface area contributed by atoms with Crippen molar-refractivity contribution in [1.29, 1.82) is 0 Å². The van der Waals surface area contributed by atoms with Gasteiger partial charge in [0.2, 0.25) is 0 Å². The predicted molar refractivity (Wildman–Crippen MR) is 105 cm³/mol. The topological polar surface area (TPSA) is 65.0 Å². The zero-order chi connectivity index (χ0) is 24.2. The number of rotatable bonds is 3. The zero-order valence-corrected chi connectivity index (χ0v) is 17.3. The zero-order valence-electron chi connectivity index (χ0n) is 16.5. The number of alkyl halides is 6. The SMILES string of the molecule is CC1Oc2ccc3ccccc3c2/C1=N/OS(=O)(=O)c1cc(C(F)(F)F)cc(C(F)(F)F)c1. The first-order valence-electron chi connectivity index (χ1n) is 9.27. The Morgan fingerprint density at radius 3 is 2.12 bits per heavy atom. The van der Waals surface area contributed by atoms with Crippen LogP contribution in [0, 0.1) is 0 Å². The molecule has 1 aliphatic heterocycles. The van der Waals surface area contributed by atoms with Crippen LogP contribution in [-0.4, -0.2) is 20.2 Å². The smallest absolute Gasteiger partial charge is 0.416 e. The van der Waals surface area contributed by atoms with Crippen LogP contribution in [0.4, 0.5) is 26.3 Å². The van der Waals surface area contributed by atoms with Gasteiger partial charge in [0, 0.05) is 0 Å². The summed E-state index contributed by atoms with van der Waals surface area (Å²) in [7, 11) is -5.14. The number of oxime groups is 1. The molecule has 4 rings (SSSR count). The van der Waals surface area contributed by atoms with Crippen LogP contribution in [0.25, 0.3) is 10.8 Å². The Morgan fingerprint density at radius 1 is 0.909 bits per heavy atom. The van der Waals surface area contributed by atoms with E-state index in [1.165, 1.54) is 6.92 Å². The van der Waals surface area contributed by atoms with E-state index in [2.05, 4.69) is 9.44 Å². The molecule has 0 fully saturated rings. The highest BCUT2D eigenvalue weighted by Crippen LogP contribution is 2.38. The Labute approximate surface area is 183 Å². The molecule has 33 heavy (non-hydrogen) atoms. The summed E-state index contributed by atoms with van der Waals surface area (Å²) in [6.07, 6.45) is -11.2. The van der Waals surface area contributed by atoms with Gasteiger partial charge in [-0.15, -0.1) is 0 Å². The van der Waals surface area contributed by atoms with Gasteiger partial charge < -0.3 is 4.74 Å². The highest BCUT2D eigenvalue weighted by atomic mass is 32.2. The molecule has 3 aromatic carbocycles. The molecule has 174 valence electrons. The highest BCUT2D eigenvalue weighted by Gasteiger charge is 2.39. The van der Waals surface area contributed by atoms with Gasteiger partial charge in [0.15, 0.2) is 0 Å². The molecule has 12 heteroatoms. The Morgan fingerprint density at radius 2 is 1.52 bits per heavy atom. The van der Waals surface area contributed by atoms with Crippen LogP contribution in [0.2, 0.25) is 0 Å². The molecule has 1 aliphatic rings. The number of ether oxygens (including phenoxy) is 1. The van der Waals surface area contributed by atoms with Crippen molar-refractivity contribution in [3.63, 3.8) is 0 Å². The van der Waals surface area contributed by atoms with Gasteiger partial charge >= 0.3 is 22.5 Å². The molecule has 0 aliphatic carbocycles. The molecule has 5 nitrogen and oxygen atoms in total. The summed E-state index contributed by atoms with van der Waals surface area (Å²) >= 11 is 0. The molecule has 3 aromatic rings. The van der Waals surface area contributed by atoms with Crippen molar-refractivity contribution < 1.29 is 43.8 Å². The van der Waals surface area contributed by atoms with Crippen LogP contribution in [-0.2, 0) is 26.8 Å². The lowest BCUT2D eigenvalue weighted by molar-refractivity contribution is -0.143. The quantitative estimate of drug-likeness (QED) is 0.346. The normalized spacial score (nSPS) is 17.8. The van der Waals surface area contributed by atoms with Gasteiger partial charge in [0.1, 0.15) is 22.5 Å². The number of halogens is 6. The van der Waals surface area contributed by atoms with Crippen molar-refractivity contribution in [3.05, 3.63) is 71.3 Å². The summed E-state index contributed by atoms with van der Waals surface area (Å²) in [4.78, 5) is -1.33. The Bertz CT molecular complexity index is 1350. The molecule has 0 radical (unpaired) electrons. The third-order valence-electron chi connectivity index (χ3n) is 4.92. The number of benzene rings is 3. The molecular formula is C21H13F6NO4S. The fourth-order valence-corrected chi connectivity index (χ4v) is 4.19. The summed E-state index contributed by atoms with van der Waals surface area (Å²) in [6.45, 7) is 1.54. The minimum Gasteiger partial charge on any atom is -0.484 e. The van der Waals surface area contributed by atoms with Crippen molar-refractivity contribution in [3.8, 4) is 5.75 Å². The van der Waals surface area contributed by atoms with Gasteiger partial charge in [0.25, 0.3) is 0 Å². The van der Waals surface area contributed by atoms with E-state index in [0.29, 0.717) is 16.7 Å².